The average molecular weight is 302 g/mol. The van der Waals surface area contributed by atoms with Crippen LogP contribution in [0.1, 0.15) is 26.3 Å². The van der Waals surface area contributed by atoms with Crippen molar-refractivity contribution in [2.75, 3.05) is 12.8 Å². The van der Waals surface area contributed by atoms with E-state index in [1.54, 1.807) is 12.1 Å². The summed E-state index contributed by atoms with van der Waals surface area (Å²) in [6, 6.07) is 6.57. The van der Waals surface area contributed by atoms with Crippen molar-refractivity contribution in [1.29, 1.82) is 0 Å². The van der Waals surface area contributed by atoms with Gasteiger partial charge in [-0.2, -0.15) is 0 Å². The standard InChI is InChI=1S/C14H23FN2O2S/c1-11(9-12-5-7-13(15)8-6-12)16-10-14(2,3)17-20(4,18)19/h5-8,11,16-17H,9-10H2,1-4H3. The predicted octanol–water partition coefficient (Wildman–Crippen LogP) is 1.67. The molecule has 114 valence electrons. The van der Waals surface area contributed by atoms with E-state index in [0.717, 1.165) is 18.2 Å². The van der Waals surface area contributed by atoms with Crippen LogP contribution in [0, 0.1) is 5.82 Å². The fraction of sp³-hybridized carbons (Fsp3) is 0.571. The lowest BCUT2D eigenvalue weighted by Gasteiger charge is -2.27. The van der Waals surface area contributed by atoms with Crippen LogP contribution < -0.4 is 10.0 Å². The van der Waals surface area contributed by atoms with Crippen molar-refractivity contribution in [2.45, 2.75) is 38.8 Å². The average Bonchev–Trinajstić information content (AvgIpc) is 2.27. The summed E-state index contributed by atoms with van der Waals surface area (Å²) in [7, 11) is -3.23. The Hall–Kier alpha value is -0.980. The molecule has 4 nitrogen and oxygen atoms in total. The summed E-state index contributed by atoms with van der Waals surface area (Å²) < 4.78 is 37.9. The monoisotopic (exact) mass is 302 g/mol. The summed E-state index contributed by atoms with van der Waals surface area (Å²) in [6.07, 6.45) is 1.91. The van der Waals surface area contributed by atoms with Gasteiger partial charge in [-0.1, -0.05) is 12.1 Å². The van der Waals surface area contributed by atoms with Gasteiger partial charge in [-0.05, 0) is 44.9 Å². The largest absolute Gasteiger partial charge is 0.312 e. The maximum absolute atomic E-state index is 12.8. The molecule has 1 unspecified atom stereocenters. The molecular formula is C14H23FN2O2S. The molecule has 0 bridgehead atoms. The summed E-state index contributed by atoms with van der Waals surface area (Å²) >= 11 is 0. The first-order valence-electron chi connectivity index (χ1n) is 6.54. The van der Waals surface area contributed by atoms with Crippen molar-refractivity contribution in [1.82, 2.24) is 10.0 Å². The second-order valence-electron chi connectivity index (χ2n) is 5.87. The first kappa shape index (κ1) is 17.1. The minimum Gasteiger partial charge on any atom is -0.312 e. The van der Waals surface area contributed by atoms with E-state index in [1.807, 2.05) is 20.8 Å². The van der Waals surface area contributed by atoms with Crippen molar-refractivity contribution < 1.29 is 12.8 Å². The predicted molar refractivity (Wildman–Crippen MR) is 79.6 cm³/mol. The second kappa shape index (κ2) is 6.65. The Morgan fingerprint density at radius 1 is 1.25 bits per heavy atom. The van der Waals surface area contributed by atoms with E-state index in [2.05, 4.69) is 10.0 Å². The van der Waals surface area contributed by atoms with Crippen LogP contribution in [0.25, 0.3) is 0 Å². The van der Waals surface area contributed by atoms with Gasteiger partial charge in [0.1, 0.15) is 5.82 Å². The van der Waals surface area contributed by atoms with E-state index in [4.69, 9.17) is 0 Å². The molecular weight excluding hydrogens is 279 g/mol. The number of hydrogen-bond acceptors (Lipinski definition) is 3. The van der Waals surface area contributed by atoms with E-state index < -0.39 is 15.6 Å². The summed E-state index contributed by atoms with van der Waals surface area (Å²) in [6.45, 7) is 6.18. The van der Waals surface area contributed by atoms with Crippen LogP contribution >= 0.6 is 0 Å². The maximum atomic E-state index is 12.8. The zero-order valence-corrected chi connectivity index (χ0v) is 13.2. The molecule has 2 N–H and O–H groups in total. The number of rotatable bonds is 7. The van der Waals surface area contributed by atoms with Gasteiger partial charge in [0.15, 0.2) is 0 Å². The Kier molecular flexibility index (Phi) is 5.68. The molecule has 1 aromatic carbocycles. The van der Waals surface area contributed by atoms with Gasteiger partial charge in [-0.3, -0.25) is 0 Å². The van der Waals surface area contributed by atoms with E-state index in [1.165, 1.54) is 12.1 Å². The van der Waals surface area contributed by atoms with Crippen LogP contribution in [0.4, 0.5) is 4.39 Å². The quantitative estimate of drug-likeness (QED) is 0.805. The summed E-state index contributed by atoms with van der Waals surface area (Å²) in [4.78, 5) is 0. The molecule has 0 fully saturated rings. The molecule has 0 saturated heterocycles. The summed E-state index contributed by atoms with van der Waals surface area (Å²) in [5.74, 6) is -0.243. The lowest BCUT2D eigenvalue weighted by atomic mass is 10.0. The smallest absolute Gasteiger partial charge is 0.209 e. The third kappa shape index (κ3) is 6.98. The van der Waals surface area contributed by atoms with Gasteiger partial charge in [-0.25, -0.2) is 17.5 Å². The summed E-state index contributed by atoms with van der Waals surface area (Å²) in [5, 5.41) is 3.29. The normalized spacial score (nSPS) is 14.2. The lowest BCUT2D eigenvalue weighted by Crippen LogP contribution is -2.51. The van der Waals surface area contributed by atoms with E-state index >= 15 is 0 Å². The number of benzene rings is 1. The van der Waals surface area contributed by atoms with E-state index in [-0.39, 0.29) is 11.9 Å². The highest BCUT2D eigenvalue weighted by Crippen LogP contribution is 2.07. The molecule has 0 heterocycles. The molecule has 0 aliphatic heterocycles. The van der Waals surface area contributed by atoms with E-state index in [0.29, 0.717) is 6.54 Å². The van der Waals surface area contributed by atoms with Gasteiger partial charge in [-0.15, -0.1) is 0 Å². The molecule has 1 atom stereocenters. The molecule has 1 aromatic rings. The van der Waals surface area contributed by atoms with Gasteiger partial charge in [0.25, 0.3) is 0 Å². The minimum absolute atomic E-state index is 0.168. The molecule has 0 aromatic heterocycles. The van der Waals surface area contributed by atoms with Crippen molar-refractivity contribution in [3.8, 4) is 0 Å². The van der Waals surface area contributed by atoms with Gasteiger partial charge in [0.05, 0.1) is 6.26 Å². The third-order valence-electron chi connectivity index (χ3n) is 2.81. The zero-order valence-electron chi connectivity index (χ0n) is 12.4. The fourth-order valence-corrected chi connectivity index (χ4v) is 3.09. The Morgan fingerprint density at radius 3 is 2.30 bits per heavy atom. The number of halogens is 1. The molecule has 0 saturated carbocycles. The molecule has 0 aliphatic rings. The second-order valence-corrected chi connectivity index (χ2v) is 7.62. The van der Waals surface area contributed by atoms with Crippen molar-refractivity contribution in [3.63, 3.8) is 0 Å². The van der Waals surface area contributed by atoms with Crippen LogP contribution in [0.15, 0.2) is 24.3 Å². The van der Waals surface area contributed by atoms with E-state index in [9.17, 15) is 12.8 Å². The topological polar surface area (TPSA) is 58.2 Å². The number of nitrogens with one attached hydrogen (secondary N) is 2. The third-order valence-corrected chi connectivity index (χ3v) is 3.73. The minimum atomic E-state index is -3.23. The SMILES string of the molecule is CC(Cc1ccc(F)cc1)NCC(C)(C)NS(C)(=O)=O. The molecule has 6 heteroatoms. The Balaban J connectivity index is 2.46. The highest BCUT2D eigenvalue weighted by molar-refractivity contribution is 7.88. The first-order chi connectivity index (χ1) is 9.07. The fourth-order valence-electron chi connectivity index (χ4n) is 2.01. The van der Waals surface area contributed by atoms with Crippen LogP contribution in [0.2, 0.25) is 0 Å². The van der Waals surface area contributed by atoms with Gasteiger partial charge in [0, 0.05) is 18.1 Å². The molecule has 0 radical (unpaired) electrons. The van der Waals surface area contributed by atoms with Crippen LogP contribution in [0.5, 0.6) is 0 Å². The molecule has 0 spiro atoms. The lowest BCUT2D eigenvalue weighted by molar-refractivity contribution is 0.394. The Bertz CT molecular complexity index is 527. The van der Waals surface area contributed by atoms with Crippen LogP contribution in [-0.4, -0.2) is 32.8 Å². The molecule has 1 rings (SSSR count). The van der Waals surface area contributed by atoms with Crippen LogP contribution in [0.3, 0.4) is 0 Å². The highest BCUT2D eigenvalue weighted by atomic mass is 32.2. The number of sulfonamides is 1. The van der Waals surface area contributed by atoms with Crippen LogP contribution in [-0.2, 0) is 16.4 Å². The van der Waals surface area contributed by atoms with Gasteiger partial charge < -0.3 is 5.32 Å². The Morgan fingerprint density at radius 2 is 1.80 bits per heavy atom. The molecule has 0 aliphatic carbocycles. The van der Waals surface area contributed by atoms with Crippen molar-refractivity contribution >= 4 is 10.0 Å². The maximum Gasteiger partial charge on any atom is 0.209 e. The van der Waals surface area contributed by atoms with Crippen molar-refractivity contribution in [3.05, 3.63) is 35.6 Å². The molecule has 0 amide bonds. The van der Waals surface area contributed by atoms with Crippen molar-refractivity contribution in [2.24, 2.45) is 0 Å². The van der Waals surface area contributed by atoms with Gasteiger partial charge >= 0.3 is 0 Å². The highest BCUT2D eigenvalue weighted by Gasteiger charge is 2.22. The molecule has 20 heavy (non-hydrogen) atoms. The zero-order chi connectivity index (χ0) is 15.4. The summed E-state index contributed by atoms with van der Waals surface area (Å²) in [5.41, 5.74) is 0.491. The number of hydrogen-bond donors (Lipinski definition) is 2. The Labute approximate surface area is 120 Å². The first-order valence-corrected chi connectivity index (χ1v) is 8.43. The van der Waals surface area contributed by atoms with Gasteiger partial charge in [0.2, 0.25) is 10.0 Å².